The molecule has 1 amide bonds. The van der Waals surface area contributed by atoms with Crippen LogP contribution in [0.25, 0.3) is 0 Å². The molecule has 0 spiro atoms. The minimum absolute atomic E-state index is 0.0113. The third kappa shape index (κ3) is 4.14. The van der Waals surface area contributed by atoms with E-state index in [2.05, 4.69) is 5.32 Å². The van der Waals surface area contributed by atoms with Crippen LogP contribution in [0.3, 0.4) is 0 Å². The Morgan fingerprint density at radius 1 is 1.28 bits per heavy atom. The lowest BCUT2D eigenvalue weighted by Gasteiger charge is -2.14. The maximum atomic E-state index is 11.4. The van der Waals surface area contributed by atoms with Crippen molar-refractivity contribution in [2.45, 2.75) is 37.6 Å². The van der Waals surface area contributed by atoms with Crippen molar-refractivity contribution in [2.24, 2.45) is 0 Å². The number of hydrogen-bond acceptors (Lipinski definition) is 3. The maximum Gasteiger partial charge on any atom is 0.220 e. The fourth-order valence-electron chi connectivity index (χ4n) is 1.63. The fraction of sp³-hybridized carbons (Fsp3) is 0.462. The lowest BCUT2D eigenvalue weighted by atomic mass is 10.1. The molecular weight excluding hydrogens is 250 g/mol. The van der Waals surface area contributed by atoms with Gasteiger partial charge in [0.15, 0.2) is 9.84 Å². The molecule has 0 aliphatic heterocycles. The zero-order chi connectivity index (χ0) is 13.8. The summed E-state index contributed by atoms with van der Waals surface area (Å²) in [6.45, 7) is 3.83. The van der Waals surface area contributed by atoms with E-state index in [1.54, 1.807) is 24.3 Å². The summed E-state index contributed by atoms with van der Waals surface area (Å²) in [7, 11) is -3.16. The fourth-order valence-corrected chi connectivity index (χ4v) is 2.26. The molecule has 0 bridgehead atoms. The molecule has 100 valence electrons. The highest BCUT2D eigenvalue weighted by Crippen LogP contribution is 2.16. The van der Waals surface area contributed by atoms with Gasteiger partial charge in [-0.25, -0.2) is 8.42 Å². The lowest BCUT2D eigenvalue weighted by molar-refractivity contribution is -0.121. The van der Waals surface area contributed by atoms with Gasteiger partial charge in [0.05, 0.1) is 10.9 Å². The van der Waals surface area contributed by atoms with Crippen LogP contribution in [-0.2, 0) is 14.6 Å². The largest absolute Gasteiger partial charge is 0.350 e. The summed E-state index contributed by atoms with van der Waals surface area (Å²) < 4.78 is 22.6. The van der Waals surface area contributed by atoms with Gasteiger partial charge in [-0.3, -0.25) is 4.79 Å². The van der Waals surface area contributed by atoms with E-state index in [1.165, 1.54) is 6.26 Å². The van der Waals surface area contributed by atoms with Gasteiger partial charge in [-0.1, -0.05) is 19.1 Å². The Morgan fingerprint density at radius 2 is 1.83 bits per heavy atom. The van der Waals surface area contributed by atoms with Crippen LogP contribution < -0.4 is 5.32 Å². The molecule has 0 heterocycles. The van der Waals surface area contributed by atoms with E-state index in [1.807, 2.05) is 13.8 Å². The van der Waals surface area contributed by atoms with E-state index in [9.17, 15) is 13.2 Å². The van der Waals surface area contributed by atoms with E-state index in [0.717, 1.165) is 12.0 Å². The normalized spacial score (nSPS) is 13.1. The van der Waals surface area contributed by atoms with Crippen LogP contribution in [0.2, 0.25) is 0 Å². The van der Waals surface area contributed by atoms with Gasteiger partial charge in [0.2, 0.25) is 5.91 Å². The summed E-state index contributed by atoms with van der Waals surface area (Å²) in [6, 6.07) is 6.47. The van der Waals surface area contributed by atoms with E-state index < -0.39 is 9.84 Å². The minimum Gasteiger partial charge on any atom is -0.350 e. The zero-order valence-electron chi connectivity index (χ0n) is 10.9. The summed E-state index contributed by atoms with van der Waals surface area (Å²) >= 11 is 0. The molecule has 0 unspecified atom stereocenters. The van der Waals surface area contributed by atoms with Gasteiger partial charge in [-0.05, 0) is 31.0 Å². The van der Waals surface area contributed by atoms with Crippen molar-refractivity contribution in [2.75, 3.05) is 6.26 Å². The first-order chi connectivity index (χ1) is 8.34. The van der Waals surface area contributed by atoms with Gasteiger partial charge >= 0.3 is 0 Å². The van der Waals surface area contributed by atoms with Gasteiger partial charge in [-0.15, -0.1) is 0 Å². The SMILES string of the molecule is CCCC(=O)N[C@H](C)c1ccc(S(C)(=O)=O)cc1. The van der Waals surface area contributed by atoms with Gasteiger partial charge < -0.3 is 5.32 Å². The average Bonchev–Trinajstić information content (AvgIpc) is 2.28. The molecule has 1 aromatic carbocycles. The van der Waals surface area contributed by atoms with Crippen LogP contribution in [0.4, 0.5) is 0 Å². The Hall–Kier alpha value is -1.36. The van der Waals surface area contributed by atoms with Crippen LogP contribution in [0, 0.1) is 0 Å². The van der Waals surface area contributed by atoms with Crippen LogP contribution in [0.1, 0.15) is 38.3 Å². The first kappa shape index (κ1) is 14.7. The molecule has 0 aliphatic carbocycles. The summed E-state index contributed by atoms with van der Waals surface area (Å²) in [5, 5.41) is 2.87. The van der Waals surface area contributed by atoms with Crippen molar-refractivity contribution >= 4 is 15.7 Å². The Labute approximate surface area is 108 Å². The van der Waals surface area contributed by atoms with Crippen molar-refractivity contribution in [1.29, 1.82) is 0 Å². The molecule has 1 rings (SSSR count). The van der Waals surface area contributed by atoms with Crippen LogP contribution in [0.5, 0.6) is 0 Å². The quantitative estimate of drug-likeness (QED) is 0.890. The molecule has 0 fully saturated rings. The van der Waals surface area contributed by atoms with Crippen molar-refractivity contribution in [3.63, 3.8) is 0 Å². The maximum absolute atomic E-state index is 11.4. The average molecular weight is 269 g/mol. The van der Waals surface area contributed by atoms with Crippen LogP contribution in [0.15, 0.2) is 29.2 Å². The minimum atomic E-state index is -3.16. The number of rotatable bonds is 5. The van der Waals surface area contributed by atoms with E-state index in [4.69, 9.17) is 0 Å². The van der Waals surface area contributed by atoms with Crippen LogP contribution >= 0.6 is 0 Å². The molecule has 0 radical (unpaired) electrons. The molecule has 0 saturated heterocycles. The molecule has 0 saturated carbocycles. The van der Waals surface area contributed by atoms with Crippen LogP contribution in [-0.4, -0.2) is 20.6 Å². The summed E-state index contributed by atoms with van der Waals surface area (Å²) in [5.41, 5.74) is 0.895. The molecule has 1 N–H and O–H groups in total. The highest BCUT2D eigenvalue weighted by Gasteiger charge is 2.11. The van der Waals surface area contributed by atoms with Gasteiger partial charge in [-0.2, -0.15) is 0 Å². The highest BCUT2D eigenvalue weighted by atomic mass is 32.2. The molecule has 18 heavy (non-hydrogen) atoms. The topological polar surface area (TPSA) is 63.2 Å². The van der Waals surface area contributed by atoms with Crippen molar-refractivity contribution < 1.29 is 13.2 Å². The molecule has 0 aromatic heterocycles. The van der Waals surface area contributed by atoms with Crippen molar-refractivity contribution in [3.05, 3.63) is 29.8 Å². The highest BCUT2D eigenvalue weighted by molar-refractivity contribution is 7.90. The summed E-state index contributed by atoms with van der Waals surface area (Å²) in [6.07, 6.45) is 2.49. The molecule has 1 aromatic rings. The number of sulfone groups is 1. The Kier molecular flexibility index (Phi) is 4.90. The number of hydrogen-bond donors (Lipinski definition) is 1. The van der Waals surface area contributed by atoms with Gasteiger partial charge in [0.25, 0.3) is 0 Å². The standard InChI is InChI=1S/C13H19NO3S/c1-4-5-13(15)14-10(2)11-6-8-12(9-7-11)18(3,16)17/h6-10H,4-5H2,1-3H3,(H,14,15)/t10-/m1/s1. The van der Waals surface area contributed by atoms with E-state index in [-0.39, 0.29) is 11.9 Å². The number of carbonyl (C=O) groups excluding carboxylic acids is 1. The number of carbonyl (C=O) groups is 1. The smallest absolute Gasteiger partial charge is 0.220 e. The first-order valence-corrected chi connectivity index (χ1v) is 7.83. The predicted octanol–water partition coefficient (Wildman–Crippen LogP) is 2.07. The summed E-state index contributed by atoms with van der Waals surface area (Å²) in [4.78, 5) is 11.7. The number of nitrogens with one attached hydrogen (secondary N) is 1. The molecular formula is C13H19NO3S. The van der Waals surface area contributed by atoms with Crippen molar-refractivity contribution in [3.8, 4) is 0 Å². The third-order valence-corrected chi connectivity index (χ3v) is 3.79. The Morgan fingerprint density at radius 3 is 2.28 bits per heavy atom. The Balaban J connectivity index is 2.76. The van der Waals surface area contributed by atoms with Crippen molar-refractivity contribution in [1.82, 2.24) is 5.32 Å². The zero-order valence-corrected chi connectivity index (χ0v) is 11.8. The predicted molar refractivity (Wildman–Crippen MR) is 71.0 cm³/mol. The molecule has 4 nitrogen and oxygen atoms in total. The second-order valence-electron chi connectivity index (χ2n) is 4.38. The molecule has 1 atom stereocenters. The third-order valence-electron chi connectivity index (χ3n) is 2.66. The van der Waals surface area contributed by atoms with E-state index >= 15 is 0 Å². The monoisotopic (exact) mass is 269 g/mol. The molecule has 0 aliphatic rings. The van der Waals surface area contributed by atoms with Gasteiger partial charge in [0, 0.05) is 12.7 Å². The van der Waals surface area contributed by atoms with E-state index in [0.29, 0.717) is 11.3 Å². The second-order valence-corrected chi connectivity index (χ2v) is 6.40. The lowest BCUT2D eigenvalue weighted by Crippen LogP contribution is -2.26. The summed E-state index contributed by atoms with van der Waals surface area (Å²) in [5.74, 6) is 0.0113. The first-order valence-electron chi connectivity index (χ1n) is 5.94. The Bertz CT molecular complexity index is 506. The van der Waals surface area contributed by atoms with Gasteiger partial charge in [0.1, 0.15) is 0 Å². The second kappa shape index (κ2) is 6.00. The molecule has 5 heteroatoms. The number of amides is 1. The number of benzene rings is 1.